The van der Waals surface area contributed by atoms with Gasteiger partial charge in [-0.2, -0.15) is 4.73 Å². The lowest BCUT2D eigenvalue weighted by molar-refractivity contribution is -0.386. The Morgan fingerprint density at radius 3 is 2.82 bits per heavy atom. The van der Waals surface area contributed by atoms with Gasteiger partial charge in [0.1, 0.15) is 0 Å². The second-order valence-electron chi connectivity index (χ2n) is 1.80. The first-order chi connectivity index (χ1) is 5.13. The predicted octanol–water partition coefficient (Wildman–Crippen LogP) is 1.36. The summed E-state index contributed by atoms with van der Waals surface area (Å²) in [5.74, 6) is 0. The third-order valence-electron chi connectivity index (χ3n) is 1.11. The first-order valence-electron chi connectivity index (χ1n) is 2.68. The van der Waals surface area contributed by atoms with Gasteiger partial charge in [0.15, 0.2) is 0 Å². The highest BCUT2D eigenvalue weighted by atomic mass is 32.1. The third kappa shape index (κ3) is 1.35. The molecule has 1 rings (SSSR count). The van der Waals surface area contributed by atoms with Crippen molar-refractivity contribution in [1.29, 1.82) is 0 Å². The van der Waals surface area contributed by atoms with Gasteiger partial charge in [-0.1, -0.05) is 0 Å². The lowest BCUT2D eigenvalue weighted by Gasteiger charge is -1.95. The second kappa shape index (κ2) is 2.67. The molecule has 0 unspecified atom stereocenters. The molecule has 0 spiro atoms. The Morgan fingerprint density at radius 2 is 2.36 bits per heavy atom. The van der Waals surface area contributed by atoms with Crippen molar-refractivity contribution in [1.82, 2.24) is 4.73 Å². The summed E-state index contributed by atoms with van der Waals surface area (Å²) in [5.41, 5.74) is -0.273. The minimum absolute atomic E-state index is 0.197. The molecule has 0 saturated carbocycles. The second-order valence-corrected chi connectivity index (χ2v) is 2.19. The van der Waals surface area contributed by atoms with E-state index in [0.717, 1.165) is 0 Å². The number of nitrogens with zero attached hydrogens (tertiary/aromatic N) is 2. The van der Waals surface area contributed by atoms with Crippen molar-refractivity contribution in [3.8, 4) is 0 Å². The van der Waals surface area contributed by atoms with Gasteiger partial charge in [-0.3, -0.25) is 10.1 Å². The molecule has 0 atom stereocenters. The zero-order chi connectivity index (χ0) is 8.43. The summed E-state index contributed by atoms with van der Waals surface area (Å²) in [4.78, 5) is 9.54. The zero-order valence-corrected chi connectivity index (χ0v) is 6.11. The van der Waals surface area contributed by atoms with Gasteiger partial charge in [-0.15, -0.1) is 0 Å². The van der Waals surface area contributed by atoms with Crippen LogP contribution in [-0.2, 0) is 0 Å². The molecule has 1 aromatic heterocycles. The highest BCUT2D eigenvalue weighted by molar-refractivity contribution is 7.71. The number of aromatic nitrogens is 1. The Labute approximate surface area is 66.6 Å². The van der Waals surface area contributed by atoms with Gasteiger partial charge in [0.25, 0.3) is 0 Å². The highest BCUT2D eigenvalue weighted by Gasteiger charge is 2.08. The van der Waals surface area contributed by atoms with E-state index in [2.05, 4.69) is 12.2 Å². The smallest absolute Gasteiger partial charge is 0.307 e. The summed E-state index contributed by atoms with van der Waals surface area (Å²) in [6.45, 7) is 0. The van der Waals surface area contributed by atoms with E-state index < -0.39 is 4.92 Å². The van der Waals surface area contributed by atoms with Gasteiger partial charge in [0.2, 0.25) is 4.64 Å². The highest BCUT2D eigenvalue weighted by Crippen LogP contribution is 2.10. The molecule has 11 heavy (non-hydrogen) atoms. The topological polar surface area (TPSA) is 68.3 Å². The molecule has 0 aliphatic heterocycles. The molecule has 6 heteroatoms. The van der Waals surface area contributed by atoms with Crippen LogP contribution in [0.2, 0.25) is 0 Å². The number of hydrogen-bond acceptors (Lipinski definition) is 4. The molecule has 1 heterocycles. The third-order valence-corrected chi connectivity index (χ3v) is 1.50. The maximum Gasteiger partial charge on any atom is 0.307 e. The monoisotopic (exact) mass is 172 g/mol. The lowest BCUT2D eigenvalue weighted by atomic mass is 10.4. The maximum absolute atomic E-state index is 10.2. The molecule has 0 fully saturated rings. The van der Waals surface area contributed by atoms with Gasteiger partial charge in [0.05, 0.1) is 4.92 Å². The number of nitro groups is 1. The van der Waals surface area contributed by atoms with E-state index in [4.69, 9.17) is 5.21 Å². The Morgan fingerprint density at radius 1 is 1.73 bits per heavy atom. The van der Waals surface area contributed by atoms with Crippen LogP contribution in [0.4, 0.5) is 5.69 Å². The van der Waals surface area contributed by atoms with Gasteiger partial charge < -0.3 is 5.21 Å². The van der Waals surface area contributed by atoms with Crippen LogP contribution >= 0.6 is 12.2 Å². The van der Waals surface area contributed by atoms with Crippen LogP contribution in [0.3, 0.4) is 0 Å². The Kier molecular flexibility index (Phi) is 1.86. The summed E-state index contributed by atoms with van der Waals surface area (Å²) >= 11 is 4.54. The molecule has 0 bridgehead atoms. The molecule has 0 radical (unpaired) electrons. The molecule has 0 aliphatic rings. The molecule has 0 amide bonds. The molecule has 58 valence electrons. The van der Waals surface area contributed by atoms with E-state index in [1.54, 1.807) is 0 Å². The van der Waals surface area contributed by atoms with Crippen LogP contribution < -0.4 is 0 Å². The summed E-state index contributed by atoms with van der Waals surface area (Å²) < 4.78 is 0.338. The van der Waals surface area contributed by atoms with Crippen LogP contribution in [0.25, 0.3) is 0 Å². The Hall–Kier alpha value is -1.43. The SMILES string of the molecule is O=[N+]([O-])c1cccn(O)c1=S. The molecule has 0 aromatic carbocycles. The standard InChI is InChI=1S/C5H4N2O3S/c8-6-3-1-2-4(5(6)11)7(9)10/h1-3,8H. The van der Waals surface area contributed by atoms with Gasteiger partial charge in [-0.25, -0.2) is 0 Å². The van der Waals surface area contributed by atoms with E-state index >= 15 is 0 Å². The van der Waals surface area contributed by atoms with E-state index in [-0.39, 0.29) is 10.3 Å². The largest absolute Gasteiger partial charge is 0.427 e. The van der Waals surface area contributed by atoms with E-state index in [0.29, 0.717) is 4.73 Å². The molecule has 1 N–H and O–H groups in total. The molecular weight excluding hydrogens is 168 g/mol. The lowest BCUT2D eigenvalue weighted by Crippen LogP contribution is -1.97. The molecule has 0 saturated heterocycles. The normalized spacial score (nSPS) is 9.45. The van der Waals surface area contributed by atoms with Crippen LogP contribution in [0.5, 0.6) is 0 Å². The molecular formula is C5H4N2O3S. The summed E-state index contributed by atoms with van der Waals surface area (Å²) in [6, 6.07) is 2.57. The first-order valence-corrected chi connectivity index (χ1v) is 3.09. The predicted molar refractivity (Wildman–Crippen MR) is 39.1 cm³/mol. The average Bonchev–Trinajstić information content (AvgIpc) is 1.94. The first kappa shape index (κ1) is 7.67. The number of hydrogen-bond donors (Lipinski definition) is 1. The number of pyridine rings is 1. The van der Waals surface area contributed by atoms with Crippen molar-refractivity contribution < 1.29 is 10.1 Å². The van der Waals surface area contributed by atoms with E-state index in [9.17, 15) is 10.1 Å². The van der Waals surface area contributed by atoms with Gasteiger partial charge >= 0.3 is 5.69 Å². The van der Waals surface area contributed by atoms with Crippen LogP contribution in [-0.4, -0.2) is 14.9 Å². The van der Waals surface area contributed by atoms with Crippen LogP contribution in [0.1, 0.15) is 0 Å². The Bertz CT molecular complexity index is 346. The fraction of sp³-hybridized carbons (Fsp3) is 0. The van der Waals surface area contributed by atoms with Crippen molar-refractivity contribution in [2.45, 2.75) is 0 Å². The van der Waals surface area contributed by atoms with Gasteiger partial charge in [0, 0.05) is 12.3 Å². The van der Waals surface area contributed by atoms with E-state index in [1.807, 2.05) is 0 Å². The molecule has 0 aliphatic carbocycles. The Balaban J connectivity index is 3.40. The van der Waals surface area contributed by atoms with E-state index in [1.165, 1.54) is 18.3 Å². The summed E-state index contributed by atoms with van der Waals surface area (Å²) in [7, 11) is 0. The van der Waals surface area contributed by atoms with Crippen molar-refractivity contribution in [3.63, 3.8) is 0 Å². The molecule has 1 aromatic rings. The fourth-order valence-electron chi connectivity index (χ4n) is 0.611. The van der Waals surface area contributed by atoms with Crippen LogP contribution in [0.15, 0.2) is 18.3 Å². The zero-order valence-electron chi connectivity index (χ0n) is 5.30. The van der Waals surface area contributed by atoms with Crippen molar-refractivity contribution in [3.05, 3.63) is 33.1 Å². The minimum atomic E-state index is -0.644. The van der Waals surface area contributed by atoms with Crippen molar-refractivity contribution >= 4 is 17.9 Å². The fourth-order valence-corrected chi connectivity index (χ4v) is 0.814. The number of rotatable bonds is 1. The summed E-state index contributed by atoms with van der Waals surface area (Å²) in [6.07, 6.45) is 1.23. The summed E-state index contributed by atoms with van der Waals surface area (Å²) in [5, 5.41) is 19.0. The minimum Gasteiger partial charge on any atom is -0.427 e. The quantitative estimate of drug-likeness (QED) is 0.300. The van der Waals surface area contributed by atoms with Crippen LogP contribution in [0, 0.1) is 14.8 Å². The molecule has 5 nitrogen and oxygen atoms in total. The van der Waals surface area contributed by atoms with Crippen molar-refractivity contribution in [2.24, 2.45) is 0 Å². The van der Waals surface area contributed by atoms with Crippen molar-refractivity contribution in [2.75, 3.05) is 0 Å². The maximum atomic E-state index is 10.2. The van der Waals surface area contributed by atoms with Gasteiger partial charge in [-0.05, 0) is 18.3 Å². The average molecular weight is 172 g/mol.